The quantitative estimate of drug-likeness (QED) is 0.832. The monoisotopic (exact) mass is 367 g/mol. The van der Waals surface area contributed by atoms with E-state index in [-0.39, 0.29) is 5.91 Å². The number of carbonyl (C=O) groups excluding carboxylic acids is 1. The topological polar surface area (TPSA) is 26.8 Å². The molecule has 2 aromatic rings. The van der Waals surface area contributed by atoms with Gasteiger partial charge in [-0.1, -0.05) is 24.3 Å². The molecule has 0 saturated carbocycles. The first-order valence-corrected chi connectivity index (χ1v) is 10.3. The number of hydrogen-bond acceptors (Lipinski definition) is 4. The zero-order valence-corrected chi connectivity index (χ0v) is 16.0. The van der Waals surface area contributed by atoms with Crippen molar-refractivity contribution in [3.05, 3.63) is 54.1 Å². The Morgan fingerprint density at radius 1 is 1.00 bits per heavy atom. The van der Waals surface area contributed by atoms with E-state index in [0.29, 0.717) is 6.54 Å². The van der Waals surface area contributed by atoms with Crippen LogP contribution in [-0.2, 0) is 4.79 Å². The largest absolute Gasteiger partial charge is 0.369 e. The average molecular weight is 368 g/mol. The molecule has 136 valence electrons. The fourth-order valence-electron chi connectivity index (χ4n) is 3.69. The first-order valence-electron chi connectivity index (χ1n) is 9.27. The van der Waals surface area contributed by atoms with Crippen molar-refractivity contribution >= 4 is 29.0 Å². The Kier molecular flexibility index (Phi) is 5.18. The molecule has 1 saturated heterocycles. The predicted molar refractivity (Wildman–Crippen MR) is 109 cm³/mol. The maximum Gasteiger partial charge on any atom is 0.241 e. The van der Waals surface area contributed by atoms with Crippen LogP contribution in [-0.4, -0.2) is 55.8 Å². The third kappa shape index (κ3) is 3.74. The molecule has 0 spiro atoms. The first-order chi connectivity index (χ1) is 12.7. The summed E-state index contributed by atoms with van der Waals surface area (Å²) in [5.74, 6) is 1.20. The maximum absolute atomic E-state index is 12.9. The number of aryl methyl sites for hydroxylation is 1. The van der Waals surface area contributed by atoms with E-state index < -0.39 is 0 Å². The van der Waals surface area contributed by atoms with Crippen molar-refractivity contribution in [3.63, 3.8) is 0 Å². The molecule has 26 heavy (non-hydrogen) atoms. The molecular weight excluding hydrogens is 342 g/mol. The van der Waals surface area contributed by atoms with Crippen LogP contribution >= 0.6 is 11.8 Å². The molecule has 1 fully saturated rings. The molecule has 1 amide bonds. The van der Waals surface area contributed by atoms with Crippen molar-refractivity contribution in [1.29, 1.82) is 0 Å². The summed E-state index contributed by atoms with van der Waals surface area (Å²) in [6.45, 7) is 7.28. The van der Waals surface area contributed by atoms with Gasteiger partial charge in [0.25, 0.3) is 0 Å². The van der Waals surface area contributed by atoms with E-state index in [1.807, 2.05) is 28.8 Å². The van der Waals surface area contributed by atoms with Gasteiger partial charge in [-0.2, -0.15) is 0 Å². The minimum Gasteiger partial charge on any atom is -0.369 e. The minimum absolute atomic E-state index is 0.224. The zero-order valence-electron chi connectivity index (χ0n) is 15.2. The van der Waals surface area contributed by atoms with Crippen molar-refractivity contribution in [3.8, 4) is 0 Å². The summed E-state index contributed by atoms with van der Waals surface area (Å²) in [4.78, 5) is 20.8. The fraction of sp³-hybridized carbons (Fsp3) is 0.381. The highest BCUT2D eigenvalue weighted by Crippen LogP contribution is 2.34. The molecule has 2 aliphatic rings. The fourth-order valence-corrected chi connectivity index (χ4v) is 4.69. The minimum atomic E-state index is 0.224. The summed E-state index contributed by atoms with van der Waals surface area (Å²) in [6.07, 6.45) is 0. The van der Waals surface area contributed by atoms with Gasteiger partial charge in [-0.05, 0) is 36.8 Å². The zero-order chi connectivity index (χ0) is 17.9. The van der Waals surface area contributed by atoms with Crippen molar-refractivity contribution < 1.29 is 4.79 Å². The number of hydrogen-bond donors (Lipinski definition) is 0. The molecule has 0 bridgehead atoms. The highest BCUT2D eigenvalue weighted by Gasteiger charge is 2.26. The number of carbonyl (C=O) groups is 1. The Morgan fingerprint density at radius 3 is 2.62 bits per heavy atom. The Morgan fingerprint density at radius 2 is 1.81 bits per heavy atom. The van der Waals surface area contributed by atoms with Gasteiger partial charge in [0.2, 0.25) is 5.91 Å². The number of piperazine rings is 1. The lowest BCUT2D eigenvalue weighted by atomic mass is 10.2. The van der Waals surface area contributed by atoms with Crippen LogP contribution in [0.1, 0.15) is 5.56 Å². The standard InChI is InChI=1S/C21H25N3OS/c1-17-5-4-6-18(15-17)23-11-9-22(10-12-23)16-21(25)24-13-14-26-20-8-3-2-7-19(20)24/h2-8,15H,9-14,16H2,1H3. The van der Waals surface area contributed by atoms with Gasteiger partial charge in [-0.15, -0.1) is 11.8 Å². The Balaban J connectivity index is 1.36. The number of rotatable bonds is 3. The molecule has 4 rings (SSSR count). The molecule has 0 radical (unpaired) electrons. The summed E-state index contributed by atoms with van der Waals surface area (Å²) >= 11 is 1.84. The maximum atomic E-state index is 12.9. The van der Waals surface area contributed by atoms with E-state index in [1.165, 1.54) is 16.1 Å². The van der Waals surface area contributed by atoms with Crippen LogP contribution in [0, 0.1) is 6.92 Å². The molecule has 0 unspecified atom stereocenters. The summed E-state index contributed by atoms with van der Waals surface area (Å²) in [5, 5.41) is 0. The lowest BCUT2D eigenvalue weighted by Gasteiger charge is -2.37. The number of fused-ring (bicyclic) bond motifs is 1. The number of benzene rings is 2. The van der Waals surface area contributed by atoms with Gasteiger partial charge in [0.15, 0.2) is 0 Å². The smallest absolute Gasteiger partial charge is 0.241 e. The van der Waals surface area contributed by atoms with E-state index >= 15 is 0 Å². The van der Waals surface area contributed by atoms with E-state index in [2.05, 4.69) is 53.1 Å². The summed E-state index contributed by atoms with van der Waals surface area (Å²) in [7, 11) is 0. The van der Waals surface area contributed by atoms with Crippen LogP contribution in [0.5, 0.6) is 0 Å². The lowest BCUT2D eigenvalue weighted by molar-refractivity contribution is -0.119. The molecule has 0 N–H and O–H groups in total. The highest BCUT2D eigenvalue weighted by atomic mass is 32.2. The number of thioether (sulfide) groups is 1. The highest BCUT2D eigenvalue weighted by molar-refractivity contribution is 7.99. The molecule has 0 atom stereocenters. The molecule has 2 aliphatic heterocycles. The van der Waals surface area contributed by atoms with E-state index in [0.717, 1.165) is 44.2 Å². The van der Waals surface area contributed by atoms with Crippen LogP contribution in [0.15, 0.2) is 53.4 Å². The number of para-hydroxylation sites is 1. The Bertz CT molecular complexity index is 786. The van der Waals surface area contributed by atoms with Crippen LogP contribution in [0.3, 0.4) is 0 Å². The molecular formula is C21H25N3OS. The van der Waals surface area contributed by atoms with Gasteiger partial charge in [0.05, 0.1) is 12.2 Å². The summed E-state index contributed by atoms with van der Waals surface area (Å²) in [6, 6.07) is 16.9. The number of nitrogens with zero attached hydrogens (tertiary/aromatic N) is 3. The van der Waals surface area contributed by atoms with Gasteiger partial charge < -0.3 is 9.80 Å². The van der Waals surface area contributed by atoms with Gasteiger partial charge in [0.1, 0.15) is 0 Å². The van der Waals surface area contributed by atoms with Crippen LogP contribution < -0.4 is 9.80 Å². The summed E-state index contributed by atoms with van der Waals surface area (Å²) < 4.78 is 0. The average Bonchev–Trinajstić information content (AvgIpc) is 2.68. The van der Waals surface area contributed by atoms with E-state index in [1.54, 1.807) is 0 Å². The van der Waals surface area contributed by atoms with Crippen molar-refractivity contribution in [2.24, 2.45) is 0 Å². The molecule has 2 aromatic carbocycles. The normalized spacial score (nSPS) is 17.9. The number of amides is 1. The van der Waals surface area contributed by atoms with E-state index in [9.17, 15) is 4.79 Å². The third-order valence-corrected chi connectivity index (χ3v) is 6.17. The predicted octanol–water partition coefficient (Wildman–Crippen LogP) is 3.26. The second-order valence-electron chi connectivity index (χ2n) is 6.96. The molecule has 2 heterocycles. The lowest BCUT2D eigenvalue weighted by Crippen LogP contribution is -2.50. The Hall–Kier alpha value is -1.98. The van der Waals surface area contributed by atoms with Gasteiger partial charge in [-0.25, -0.2) is 0 Å². The van der Waals surface area contributed by atoms with Crippen LogP contribution in [0.25, 0.3) is 0 Å². The third-order valence-electron chi connectivity index (χ3n) is 5.13. The second kappa shape index (κ2) is 7.72. The second-order valence-corrected chi connectivity index (χ2v) is 8.10. The van der Waals surface area contributed by atoms with Crippen molar-refractivity contribution in [2.75, 3.05) is 54.8 Å². The van der Waals surface area contributed by atoms with Gasteiger partial charge >= 0.3 is 0 Å². The van der Waals surface area contributed by atoms with Gasteiger partial charge in [0, 0.05) is 49.1 Å². The summed E-state index contributed by atoms with van der Waals surface area (Å²) in [5.41, 5.74) is 3.66. The van der Waals surface area contributed by atoms with Crippen molar-refractivity contribution in [2.45, 2.75) is 11.8 Å². The van der Waals surface area contributed by atoms with Crippen LogP contribution in [0.2, 0.25) is 0 Å². The first kappa shape index (κ1) is 17.4. The SMILES string of the molecule is Cc1cccc(N2CCN(CC(=O)N3CCSc4ccccc43)CC2)c1. The molecule has 0 aromatic heterocycles. The van der Waals surface area contributed by atoms with E-state index in [4.69, 9.17) is 0 Å². The molecule has 4 nitrogen and oxygen atoms in total. The molecule has 0 aliphatic carbocycles. The van der Waals surface area contributed by atoms with Crippen molar-refractivity contribution in [1.82, 2.24) is 4.90 Å². The number of anilines is 2. The van der Waals surface area contributed by atoms with Gasteiger partial charge in [-0.3, -0.25) is 9.69 Å². The Labute approximate surface area is 159 Å². The molecule has 5 heteroatoms. The van der Waals surface area contributed by atoms with Crippen LogP contribution in [0.4, 0.5) is 11.4 Å².